The van der Waals surface area contributed by atoms with E-state index in [4.69, 9.17) is 37.9 Å². The molecule has 2 aliphatic rings. The van der Waals surface area contributed by atoms with Crippen molar-refractivity contribution in [3.05, 3.63) is 143 Å². The van der Waals surface area contributed by atoms with Crippen LogP contribution in [0.5, 0.6) is 23.0 Å². The van der Waals surface area contributed by atoms with Gasteiger partial charge >= 0.3 is 23.9 Å². The van der Waals surface area contributed by atoms with Crippen molar-refractivity contribution in [2.45, 2.75) is 69.4 Å². The van der Waals surface area contributed by atoms with Crippen molar-refractivity contribution in [1.29, 1.82) is 0 Å². The maximum Gasteiger partial charge on any atom is 0.338 e. The van der Waals surface area contributed by atoms with E-state index in [1.54, 1.807) is 126 Å². The highest BCUT2D eigenvalue weighted by atomic mass is 16.6. The Morgan fingerprint density at radius 1 is 0.407 bits per heavy atom. The van der Waals surface area contributed by atoms with E-state index in [1.165, 1.54) is 0 Å². The van der Waals surface area contributed by atoms with Crippen LogP contribution in [-0.2, 0) is 18.9 Å². The van der Waals surface area contributed by atoms with Gasteiger partial charge in [-0.3, -0.25) is 0 Å². The average Bonchev–Trinajstić information content (AvgIpc) is 3.57. The molecule has 0 heterocycles. The first-order valence-electron chi connectivity index (χ1n) is 19.4. The Labute approximate surface area is 343 Å². The average molecular weight is 805 g/mol. The predicted octanol–water partition coefficient (Wildman–Crippen LogP) is 8.53. The van der Waals surface area contributed by atoms with Gasteiger partial charge < -0.3 is 37.9 Å². The highest BCUT2D eigenvalue weighted by molar-refractivity contribution is 5.91. The molecule has 0 spiro atoms. The molecule has 0 saturated heterocycles. The van der Waals surface area contributed by atoms with Crippen molar-refractivity contribution in [2.24, 2.45) is 0 Å². The second kappa shape index (κ2) is 20.2. The maximum atomic E-state index is 13.4. The summed E-state index contributed by atoms with van der Waals surface area (Å²) in [6.07, 6.45) is 4.17. The summed E-state index contributed by atoms with van der Waals surface area (Å²) >= 11 is 0. The standard InChI is InChI=1S/C47H48O12/c1-52-36-17-7-32(8-18-36)44(48)56-40-15-5-30(26-42(28-40)58-46(50)34-11-21-38(54-3)22-12-34)25-31-6-16-41(57-45(49)33-9-19-37(53-2)20-10-33)29-43(27-31)59-47(51)35-13-23-39(55-4)24-14-35/h5-14,17-24,40-43H,15-16,25-29H2,1-4H3/t40-,41-,42-,43-/m1/s1. The minimum atomic E-state index is -0.625. The minimum Gasteiger partial charge on any atom is -0.497 e. The zero-order valence-electron chi connectivity index (χ0n) is 33.6. The van der Waals surface area contributed by atoms with Gasteiger partial charge in [0, 0.05) is 38.5 Å². The number of hydrogen-bond acceptors (Lipinski definition) is 12. The van der Waals surface area contributed by atoms with E-state index >= 15 is 0 Å². The smallest absolute Gasteiger partial charge is 0.338 e. The van der Waals surface area contributed by atoms with Crippen LogP contribution in [0.3, 0.4) is 0 Å². The SMILES string of the molecule is COc1ccc(C(=O)O[C@@H]2CC=C(CC3=CC[C@@H](OC(=O)c4ccc(OC)cc4)C[C@H](OC(=O)c4ccc(OC)cc4)C3)C[C@@H](OC(=O)c3ccc(OC)cc3)C2)cc1. The summed E-state index contributed by atoms with van der Waals surface area (Å²) in [5.74, 6) is 0.404. The lowest BCUT2D eigenvalue weighted by molar-refractivity contribution is 0.000749. The lowest BCUT2D eigenvalue weighted by atomic mass is 9.96. The monoisotopic (exact) mass is 804 g/mol. The van der Waals surface area contributed by atoms with Crippen LogP contribution in [0.25, 0.3) is 0 Å². The Hall–Kier alpha value is -6.56. The molecule has 0 radical (unpaired) electrons. The molecule has 0 unspecified atom stereocenters. The van der Waals surface area contributed by atoms with Gasteiger partial charge in [-0.1, -0.05) is 23.3 Å². The molecule has 4 atom stereocenters. The van der Waals surface area contributed by atoms with Crippen LogP contribution in [-0.4, -0.2) is 76.7 Å². The topological polar surface area (TPSA) is 142 Å². The van der Waals surface area contributed by atoms with Crippen LogP contribution < -0.4 is 18.9 Å². The minimum absolute atomic E-state index is 0.272. The fourth-order valence-electron chi connectivity index (χ4n) is 7.03. The lowest BCUT2D eigenvalue weighted by Gasteiger charge is -2.23. The third kappa shape index (κ3) is 11.8. The zero-order chi connectivity index (χ0) is 41.7. The first kappa shape index (κ1) is 42.1. The Kier molecular flexibility index (Phi) is 14.4. The molecule has 4 aromatic rings. The van der Waals surface area contributed by atoms with Gasteiger partial charge in [-0.25, -0.2) is 19.2 Å². The summed E-state index contributed by atoms with van der Waals surface area (Å²) in [5, 5.41) is 0. The van der Waals surface area contributed by atoms with Crippen molar-refractivity contribution < 1.29 is 57.1 Å². The largest absolute Gasteiger partial charge is 0.497 e. The zero-order valence-corrected chi connectivity index (χ0v) is 33.6. The molecule has 0 aliphatic heterocycles. The third-order valence-electron chi connectivity index (χ3n) is 10.2. The van der Waals surface area contributed by atoms with Crippen molar-refractivity contribution in [3.8, 4) is 23.0 Å². The molecule has 0 bridgehead atoms. The number of methoxy groups -OCH3 is 4. The molecule has 0 amide bonds. The summed E-state index contributed by atoms with van der Waals surface area (Å²) in [6, 6.07) is 26.6. The summed E-state index contributed by atoms with van der Waals surface area (Å²) in [5.41, 5.74) is 3.37. The van der Waals surface area contributed by atoms with Crippen molar-refractivity contribution >= 4 is 23.9 Å². The first-order chi connectivity index (χ1) is 28.6. The maximum absolute atomic E-state index is 13.4. The number of carbonyl (C=O) groups is 4. The van der Waals surface area contributed by atoms with Gasteiger partial charge in [0.15, 0.2) is 0 Å². The fraction of sp³-hybridized carbons (Fsp3) is 0.319. The Morgan fingerprint density at radius 3 is 0.915 bits per heavy atom. The molecule has 12 nitrogen and oxygen atoms in total. The number of carbonyl (C=O) groups excluding carboxylic acids is 4. The lowest BCUT2D eigenvalue weighted by Crippen LogP contribution is -2.26. The van der Waals surface area contributed by atoms with Gasteiger partial charge in [-0.15, -0.1) is 0 Å². The number of benzene rings is 4. The molecule has 0 N–H and O–H groups in total. The third-order valence-corrected chi connectivity index (χ3v) is 10.2. The van der Waals surface area contributed by atoms with E-state index in [0.29, 0.717) is 77.4 Å². The fourth-order valence-corrected chi connectivity index (χ4v) is 7.03. The number of hydrogen-bond donors (Lipinski definition) is 0. The van der Waals surface area contributed by atoms with Gasteiger partial charge in [-0.05, 0) is 103 Å². The van der Waals surface area contributed by atoms with Crippen LogP contribution in [0.4, 0.5) is 0 Å². The van der Waals surface area contributed by atoms with Crippen LogP contribution in [0.2, 0.25) is 0 Å². The van der Waals surface area contributed by atoms with E-state index in [9.17, 15) is 19.2 Å². The first-order valence-corrected chi connectivity index (χ1v) is 19.4. The summed E-state index contributed by atoms with van der Waals surface area (Å²) in [7, 11) is 6.19. The van der Waals surface area contributed by atoms with Gasteiger partial charge in [0.1, 0.15) is 47.4 Å². The van der Waals surface area contributed by atoms with E-state index in [0.717, 1.165) is 11.1 Å². The quantitative estimate of drug-likeness (QED) is 0.0685. The van der Waals surface area contributed by atoms with E-state index in [1.807, 2.05) is 12.2 Å². The molecular weight excluding hydrogens is 757 g/mol. The molecular formula is C47H48O12. The van der Waals surface area contributed by atoms with Gasteiger partial charge in [-0.2, -0.15) is 0 Å². The summed E-state index contributed by atoms with van der Waals surface area (Å²) in [6.45, 7) is 0. The highest BCUT2D eigenvalue weighted by Crippen LogP contribution is 2.33. The molecule has 0 fully saturated rings. The Bertz CT molecular complexity index is 1970. The predicted molar refractivity (Wildman–Crippen MR) is 217 cm³/mol. The Morgan fingerprint density at radius 2 is 0.661 bits per heavy atom. The van der Waals surface area contributed by atoms with Crippen LogP contribution in [0.15, 0.2) is 120 Å². The number of rotatable bonds is 14. The summed E-state index contributed by atoms with van der Waals surface area (Å²) in [4.78, 5) is 53.3. The second-order valence-electron chi connectivity index (χ2n) is 14.3. The van der Waals surface area contributed by atoms with Crippen molar-refractivity contribution in [2.75, 3.05) is 28.4 Å². The summed E-state index contributed by atoms with van der Waals surface area (Å²) < 4.78 is 45.1. The number of esters is 4. The molecule has 0 aromatic heterocycles. The van der Waals surface area contributed by atoms with E-state index < -0.39 is 48.3 Å². The molecule has 12 heteroatoms. The molecule has 0 saturated carbocycles. The molecule has 4 aromatic carbocycles. The second-order valence-corrected chi connectivity index (χ2v) is 14.3. The van der Waals surface area contributed by atoms with Crippen LogP contribution in [0.1, 0.15) is 86.4 Å². The van der Waals surface area contributed by atoms with Crippen LogP contribution >= 0.6 is 0 Å². The molecule has 308 valence electrons. The van der Waals surface area contributed by atoms with Crippen LogP contribution in [0, 0.1) is 0 Å². The van der Waals surface area contributed by atoms with E-state index in [-0.39, 0.29) is 12.8 Å². The highest BCUT2D eigenvalue weighted by Gasteiger charge is 2.31. The van der Waals surface area contributed by atoms with Gasteiger partial charge in [0.05, 0.1) is 50.7 Å². The van der Waals surface area contributed by atoms with Gasteiger partial charge in [0.25, 0.3) is 0 Å². The molecule has 2 aliphatic carbocycles. The normalized spacial score (nSPS) is 19.0. The van der Waals surface area contributed by atoms with Crippen molar-refractivity contribution in [3.63, 3.8) is 0 Å². The molecule has 6 rings (SSSR count). The molecule has 59 heavy (non-hydrogen) atoms. The number of ether oxygens (including phenoxy) is 8. The van der Waals surface area contributed by atoms with E-state index in [2.05, 4.69) is 0 Å². The Balaban J connectivity index is 1.22. The van der Waals surface area contributed by atoms with Crippen molar-refractivity contribution in [1.82, 2.24) is 0 Å². The van der Waals surface area contributed by atoms with Gasteiger partial charge in [0.2, 0.25) is 0 Å².